The van der Waals surface area contributed by atoms with Gasteiger partial charge in [-0.25, -0.2) is 0 Å². The number of nitrogens with zero attached hydrogens (tertiary/aromatic N) is 2. The minimum absolute atomic E-state index is 0.0477. The SMILES string of the molecule is C[C@@H](N)C(=O)Nc1ccn(CC(F)(F)F)n1. The molecule has 1 heterocycles. The summed E-state index contributed by atoms with van der Waals surface area (Å²) in [6.45, 7) is 0.267. The van der Waals surface area contributed by atoms with Crippen molar-refractivity contribution in [1.82, 2.24) is 9.78 Å². The topological polar surface area (TPSA) is 72.9 Å². The molecule has 1 rings (SSSR count). The molecule has 0 spiro atoms. The summed E-state index contributed by atoms with van der Waals surface area (Å²) in [4.78, 5) is 11.1. The summed E-state index contributed by atoms with van der Waals surface area (Å²) in [6.07, 6.45) is -3.21. The van der Waals surface area contributed by atoms with Crippen molar-refractivity contribution < 1.29 is 18.0 Å². The number of aromatic nitrogens is 2. The molecule has 8 heteroatoms. The normalized spacial score (nSPS) is 13.6. The van der Waals surface area contributed by atoms with Gasteiger partial charge in [-0.05, 0) is 6.92 Å². The van der Waals surface area contributed by atoms with E-state index in [4.69, 9.17) is 5.73 Å². The maximum Gasteiger partial charge on any atom is 0.408 e. The molecule has 1 aromatic heterocycles. The molecule has 0 aromatic carbocycles. The molecule has 0 aliphatic carbocycles. The molecule has 0 saturated heterocycles. The number of alkyl halides is 3. The average molecular weight is 236 g/mol. The van der Waals surface area contributed by atoms with Gasteiger partial charge in [-0.15, -0.1) is 0 Å². The van der Waals surface area contributed by atoms with Gasteiger partial charge in [-0.2, -0.15) is 18.3 Å². The van der Waals surface area contributed by atoms with Crippen molar-refractivity contribution in [3.8, 4) is 0 Å². The zero-order valence-corrected chi connectivity index (χ0v) is 8.45. The van der Waals surface area contributed by atoms with Crippen LogP contribution in [0.2, 0.25) is 0 Å². The van der Waals surface area contributed by atoms with Crippen LogP contribution >= 0.6 is 0 Å². The smallest absolute Gasteiger partial charge is 0.320 e. The number of anilines is 1. The van der Waals surface area contributed by atoms with Crippen LogP contribution in [0.5, 0.6) is 0 Å². The van der Waals surface area contributed by atoms with E-state index in [9.17, 15) is 18.0 Å². The summed E-state index contributed by atoms with van der Waals surface area (Å²) in [5, 5.41) is 5.81. The number of amides is 1. The van der Waals surface area contributed by atoms with Gasteiger partial charge >= 0.3 is 6.18 Å². The van der Waals surface area contributed by atoms with Gasteiger partial charge in [0.15, 0.2) is 5.82 Å². The Bertz CT molecular complexity index is 372. The monoisotopic (exact) mass is 236 g/mol. The lowest BCUT2D eigenvalue weighted by molar-refractivity contribution is -0.142. The fourth-order valence-electron chi connectivity index (χ4n) is 0.940. The molecule has 1 aromatic rings. The molecule has 5 nitrogen and oxygen atoms in total. The molecule has 90 valence electrons. The largest absolute Gasteiger partial charge is 0.408 e. The van der Waals surface area contributed by atoms with Crippen LogP contribution in [0.25, 0.3) is 0 Å². The fourth-order valence-corrected chi connectivity index (χ4v) is 0.940. The molecule has 0 radical (unpaired) electrons. The van der Waals surface area contributed by atoms with E-state index >= 15 is 0 Å². The first-order valence-electron chi connectivity index (χ1n) is 4.44. The van der Waals surface area contributed by atoms with Crippen molar-refractivity contribution in [2.75, 3.05) is 5.32 Å². The van der Waals surface area contributed by atoms with Crippen molar-refractivity contribution >= 4 is 11.7 Å². The van der Waals surface area contributed by atoms with Crippen molar-refractivity contribution in [1.29, 1.82) is 0 Å². The third-order valence-corrected chi connectivity index (χ3v) is 1.65. The quantitative estimate of drug-likeness (QED) is 0.812. The Hall–Kier alpha value is -1.57. The summed E-state index contributed by atoms with van der Waals surface area (Å²) >= 11 is 0. The fraction of sp³-hybridized carbons (Fsp3) is 0.500. The average Bonchev–Trinajstić information content (AvgIpc) is 2.49. The second kappa shape index (κ2) is 4.52. The third-order valence-electron chi connectivity index (χ3n) is 1.65. The van der Waals surface area contributed by atoms with E-state index in [0.29, 0.717) is 4.68 Å². The molecule has 1 amide bonds. The van der Waals surface area contributed by atoms with Gasteiger partial charge in [0, 0.05) is 12.3 Å². The molecule has 16 heavy (non-hydrogen) atoms. The highest BCUT2D eigenvalue weighted by atomic mass is 19.4. The predicted octanol–water partition coefficient (Wildman–Crippen LogP) is 0.731. The molecule has 1 atom stereocenters. The Morgan fingerprint density at radius 2 is 2.31 bits per heavy atom. The molecule has 3 N–H and O–H groups in total. The lowest BCUT2D eigenvalue weighted by Gasteiger charge is -2.06. The summed E-state index contributed by atoms with van der Waals surface area (Å²) < 4.78 is 36.6. The van der Waals surface area contributed by atoms with Gasteiger partial charge < -0.3 is 11.1 Å². The van der Waals surface area contributed by atoms with Crippen molar-refractivity contribution in [3.63, 3.8) is 0 Å². The molecule has 0 unspecified atom stereocenters. The molecule has 0 aliphatic heterocycles. The van der Waals surface area contributed by atoms with Crippen LogP contribution in [-0.2, 0) is 11.3 Å². The van der Waals surface area contributed by atoms with Crippen LogP contribution in [0.15, 0.2) is 12.3 Å². The van der Waals surface area contributed by atoms with Gasteiger partial charge in [-0.1, -0.05) is 0 Å². The van der Waals surface area contributed by atoms with Crippen molar-refractivity contribution in [2.24, 2.45) is 5.73 Å². The van der Waals surface area contributed by atoms with Crippen LogP contribution in [0.4, 0.5) is 19.0 Å². The van der Waals surface area contributed by atoms with E-state index in [1.807, 2.05) is 0 Å². The highest BCUT2D eigenvalue weighted by molar-refractivity contribution is 5.93. The molecule has 0 aliphatic rings. The molecular weight excluding hydrogens is 225 g/mol. The standard InChI is InChI=1S/C8H11F3N4O/c1-5(12)7(16)13-6-2-3-15(14-6)4-8(9,10)11/h2-3,5H,4,12H2,1H3,(H,13,14,16)/t5-/m1/s1. The van der Waals surface area contributed by atoms with E-state index in [1.165, 1.54) is 13.0 Å². The Kier molecular flexibility index (Phi) is 3.53. The Labute approximate surface area is 89.4 Å². The zero-order chi connectivity index (χ0) is 12.3. The van der Waals surface area contributed by atoms with Crippen LogP contribution in [0.3, 0.4) is 0 Å². The summed E-state index contributed by atoms with van der Waals surface area (Å²) in [7, 11) is 0. The number of halogens is 3. The van der Waals surface area contributed by atoms with E-state index in [1.54, 1.807) is 0 Å². The number of nitrogens with one attached hydrogen (secondary N) is 1. The lowest BCUT2D eigenvalue weighted by atomic mass is 10.3. The first-order valence-corrected chi connectivity index (χ1v) is 4.44. The summed E-state index contributed by atoms with van der Waals surface area (Å²) in [6, 6.07) is 0.527. The van der Waals surface area contributed by atoms with Crippen LogP contribution < -0.4 is 11.1 Å². The zero-order valence-electron chi connectivity index (χ0n) is 8.45. The van der Waals surface area contributed by atoms with Crippen LogP contribution in [0, 0.1) is 0 Å². The van der Waals surface area contributed by atoms with E-state index in [0.717, 1.165) is 6.20 Å². The molecule has 0 saturated carbocycles. The minimum Gasteiger partial charge on any atom is -0.320 e. The lowest BCUT2D eigenvalue weighted by Crippen LogP contribution is -2.32. The predicted molar refractivity (Wildman–Crippen MR) is 50.6 cm³/mol. The number of rotatable bonds is 3. The Morgan fingerprint density at radius 1 is 1.69 bits per heavy atom. The minimum atomic E-state index is -4.34. The van der Waals surface area contributed by atoms with Gasteiger partial charge in [0.05, 0.1) is 6.04 Å². The van der Waals surface area contributed by atoms with Crippen LogP contribution in [0.1, 0.15) is 6.92 Å². The first kappa shape index (κ1) is 12.5. The van der Waals surface area contributed by atoms with Crippen molar-refractivity contribution in [2.45, 2.75) is 25.7 Å². The number of carbonyl (C=O) groups is 1. The maximum absolute atomic E-state index is 12.0. The number of hydrogen-bond acceptors (Lipinski definition) is 3. The Morgan fingerprint density at radius 3 is 2.81 bits per heavy atom. The Balaban J connectivity index is 2.62. The number of hydrogen-bond donors (Lipinski definition) is 2. The van der Waals surface area contributed by atoms with E-state index in [2.05, 4.69) is 10.4 Å². The third kappa shape index (κ3) is 3.89. The number of nitrogens with two attached hydrogens (primary N) is 1. The second-order valence-corrected chi connectivity index (χ2v) is 3.29. The van der Waals surface area contributed by atoms with E-state index < -0.39 is 24.7 Å². The number of carbonyl (C=O) groups excluding carboxylic acids is 1. The first-order chi connectivity index (χ1) is 7.28. The van der Waals surface area contributed by atoms with Gasteiger partial charge in [0.1, 0.15) is 6.54 Å². The summed E-state index contributed by atoms with van der Waals surface area (Å²) in [5.41, 5.74) is 5.27. The molecule has 0 bridgehead atoms. The molecule has 0 fully saturated rings. The summed E-state index contributed by atoms with van der Waals surface area (Å²) in [5.74, 6) is -0.455. The highest BCUT2D eigenvalue weighted by Crippen LogP contribution is 2.17. The van der Waals surface area contributed by atoms with Crippen LogP contribution in [-0.4, -0.2) is 27.9 Å². The highest BCUT2D eigenvalue weighted by Gasteiger charge is 2.28. The van der Waals surface area contributed by atoms with Gasteiger partial charge in [0.2, 0.25) is 5.91 Å². The van der Waals surface area contributed by atoms with E-state index in [-0.39, 0.29) is 5.82 Å². The maximum atomic E-state index is 12.0. The van der Waals surface area contributed by atoms with Gasteiger partial charge in [-0.3, -0.25) is 9.48 Å². The van der Waals surface area contributed by atoms with Crippen molar-refractivity contribution in [3.05, 3.63) is 12.3 Å². The second-order valence-electron chi connectivity index (χ2n) is 3.29. The molecular formula is C8H11F3N4O. The van der Waals surface area contributed by atoms with Gasteiger partial charge in [0.25, 0.3) is 0 Å².